The van der Waals surface area contributed by atoms with E-state index in [2.05, 4.69) is 65.2 Å². The van der Waals surface area contributed by atoms with Crippen molar-refractivity contribution in [3.63, 3.8) is 0 Å². The van der Waals surface area contributed by atoms with E-state index in [9.17, 15) is 5.11 Å². The van der Waals surface area contributed by atoms with Gasteiger partial charge in [0, 0.05) is 23.7 Å². The summed E-state index contributed by atoms with van der Waals surface area (Å²) in [6.45, 7) is 18.3. The molecule has 29 heavy (non-hydrogen) atoms. The van der Waals surface area contributed by atoms with Crippen molar-refractivity contribution in [1.82, 2.24) is 4.90 Å². The molecule has 158 valence electrons. The minimum atomic E-state index is -0.803. The van der Waals surface area contributed by atoms with Gasteiger partial charge in [0.2, 0.25) is 0 Å². The summed E-state index contributed by atoms with van der Waals surface area (Å²) in [6, 6.07) is 4.38. The van der Waals surface area contributed by atoms with Crippen molar-refractivity contribution in [1.29, 1.82) is 0 Å². The Morgan fingerprint density at radius 1 is 1.17 bits per heavy atom. The Balaban J connectivity index is 1.74. The fourth-order valence-corrected chi connectivity index (χ4v) is 6.66. The highest BCUT2D eigenvalue weighted by atomic mass is 16.5. The largest absolute Gasteiger partial charge is 0.484 e. The number of nitrogens with zero attached hydrogens (tertiary/aromatic N) is 1. The maximum Gasteiger partial charge on any atom is 0.166 e. The zero-order chi connectivity index (χ0) is 21.0. The molecule has 1 saturated heterocycles. The zero-order valence-corrected chi connectivity index (χ0v) is 18.8. The van der Waals surface area contributed by atoms with Crippen molar-refractivity contribution < 1.29 is 14.6 Å². The number of rotatable bonds is 1. The normalized spacial score (nSPS) is 35.9. The van der Waals surface area contributed by atoms with Gasteiger partial charge >= 0.3 is 0 Å². The molecule has 1 aromatic rings. The van der Waals surface area contributed by atoms with Crippen LogP contribution in [0.3, 0.4) is 0 Å². The standard InChI is InChI=1S/C25H35NO3/c1-15-10-11-25(27)18-14-16-8-9-17(29-23(5,6)7)20-19(16)24(25,21(15)28-20)12-13-26(18)22(2,3)4/h8-9,18,21,27H,1,10-14H2,2-7H3/t18?,21?,24-,25+/m0/s1. The Morgan fingerprint density at radius 2 is 1.90 bits per heavy atom. The van der Waals surface area contributed by atoms with E-state index in [4.69, 9.17) is 9.47 Å². The average Bonchev–Trinajstić information content (AvgIpc) is 2.92. The van der Waals surface area contributed by atoms with E-state index in [1.165, 1.54) is 11.1 Å². The SMILES string of the molecule is C=C1CC[C@@]2(O)C3Cc4ccc(OC(C)(C)C)c5c4[C@@]2(CCN3C(C)(C)C)C1O5. The van der Waals surface area contributed by atoms with Crippen LogP contribution in [-0.4, -0.2) is 45.4 Å². The van der Waals surface area contributed by atoms with E-state index in [0.717, 1.165) is 49.3 Å². The monoisotopic (exact) mass is 397 g/mol. The van der Waals surface area contributed by atoms with Gasteiger partial charge in [-0.15, -0.1) is 0 Å². The van der Waals surface area contributed by atoms with Crippen LogP contribution in [-0.2, 0) is 11.8 Å². The molecule has 1 spiro atoms. The first-order valence-corrected chi connectivity index (χ1v) is 11.1. The molecule has 0 aromatic heterocycles. The summed E-state index contributed by atoms with van der Waals surface area (Å²) in [4.78, 5) is 2.53. The van der Waals surface area contributed by atoms with Crippen LogP contribution in [0.2, 0.25) is 0 Å². The van der Waals surface area contributed by atoms with E-state index in [-0.39, 0.29) is 23.3 Å². The topological polar surface area (TPSA) is 41.9 Å². The number of hydrogen-bond donors (Lipinski definition) is 1. The molecular formula is C25H35NO3. The average molecular weight is 398 g/mol. The van der Waals surface area contributed by atoms with Gasteiger partial charge in [0.15, 0.2) is 11.5 Å². The van der Waals surface area contributed by atoms with E-state index < -0.39 is 11.0 Å². The third kappa shape index (κ3) is 2.39. The summed E-state index contributed by atoms with van der Waals surface area (Å²) in [6.07, 6.45) is 3.16. The minimum Gasteiger partial charge on any atom is -0.484 e. The third-order valence-corrected chi connectivity index (χ3v) is 7.67. The lowest BCUT2D eigenvalue weighted by atomic mass is 9.48. The molecule has 2 aliphatic carbocycles. The van der Waals surface area contributed by atoms with E-state index in [1.54, 1.807) is 0 Å². The summed E-state index contributed by atoms with van der Waals surface area (Å²) < 4.78 is 12.9. The highest BCUT2D eigenvalue weighted by molar-refractivity contribution is 5.64. The molecule has 1 N–H and O–H groups in total. The molecule has 4 aliphatic rings. The number of aliphatic hydroxyl groups is 1. The quantitative estimate of drug-likeness (QED) is 0.715. The van der Waals surface area contributed by atoms with Crippen LogP contribution in [0.1, 0.15) is 71.9 Å². The molecule has 5 rings (SSSR count). The van der Waals surface area contributed by atoms with Gasteiger partial charge in [-0.3, -0.25) is 4.90 Å². The van der Waals surface area contributed by atoms with Crippen LogP contribution in [0, 0.1) is 0 Å². The second kappa shape index (κ2) is 5.59. The lowest BCUT2D eigenvalue weighted by Crippen LogP contribution is -2.77. The Morgan fingerprint density at radius 3 is 2.55 bits per heavy atom. The third-order valence-electron chi connectivity index (χ3n) is 7.67. The number of piperidine rings is 1. The molecule has 2 heterocycles. The predicted octanol–water partition coefficient (Wildman–Crippen LogP) is 4.37. The van der Waals surface area contributed by atoms with Gasteiger partial charge in [-0.25, -0.2) is 0 Å². The second-order valence-electron chi connectivity index (χ2n) is 11.5. The van der Waals surface area contributed by atoms with Crippen LogP contribution in [0.25, 0.3) is 0 Å². The number of hydrogen-bond acceptors (Lipinski definition) is 4. The molecule has 2 aliphatic heterocycles. The fourth-order valence-electron chi connectivity index (χ4n) is 6.66. The van der Waals surface area contributed by atoms with Crippen molar-refractivity contribution in [3.8, 4) is 11.5 Å². The van der Waals surface area contributed by atoms with Gasteiger partial charge in [0.05, 0.1) is 11.0 Å². The summed E-state index contributed by atoms with van der Waals surface area (Å²) in [5.41, 5.74) is 2.13. The maximum atomic E-state index is 12.4. The Hall–Kier alpha value is -1.52. The van der Waals surface area contributed by atoms with E-state index in [1.807, 2.05) is 0 Å². The van der Waals surface area contributed by atoms with E-state index in [0.29, 0.717) is 0 Å². The first kappa shape index (κ1) is 19.4. The molecule has 2 fully saturated rings. The van der Waals surface area contributed by atoms with Crippen LogP contribution in [0.15, 0.2) is 24.3 Å². The number of ether oxygens (including phenoxy) is 2. The highest BCUT2D eigenvalue weighted by Gasteiger charge is 2.72. The summed E-state index contributed by atoms with van der Waals surface area (Å²) in [5, 5.41) is 12.4. The first-order valence-electron chi connectivity index (χ1n) is 11.1. The van der Waals surface area contributed by atoms with Gasteiger partial charge < -0.3 is 14.6 Å². The summed E-state index contributed by atoms with van der Waals surface area (Å²) in [5.74, 6) is 1.65. The lowest BCUT2D eigenvalue weighted by Gasteiger charge is -2.65. The van der Waals surface area contributed by atoms with E-state index >= 15 is 0 Å². The summed E-state index contributed by atoms with van der Waals surface area (Å²) >= 11 is 0. The fraction of sp³-hybridized carbons (Fsp3) is 0.680. The van der Waals surface area contributed by atoms with Crippen LogP contribution < -0.4 is 9.47 Å². The molecule has 0 radical (unpaired) electrons. The molecule has 0 amide bonds. The molecule has 1 aromatic carbocycles. The zero-order valence-electron chi connectivity index (χ0n) is 18.8. The van der Waals surface area contributed by atoms with Crippen LogP contribution >= 0.6 is 0 Å². The molecule has 1 saturated carbocycles. The van der Waals surface area contributed by atoms with Crippen LogP contribution in [0.4, 0.5) is 0 Å². The first-order chi connectivity index (χ1) is 13.4. The predicted molar refractivity (Wildman–Crippen MR) is 115 cm³/mol. The van der Waals surface area contributed by atoms with Gasteiger partial charge in [-0.1, -0.05) is 12.6 Å². The Kier molecular flexibility index (Phi) is 3.74. The molecule has 4 heteroatoms. The van der Waals surface area contributed by atoms with Gasteiger partial charge in [-0.2, -0.15) is 0 Å². The smallest absolute Gasteiger partial charge is 0.166 e. The summed E-state index contributed by atoms with van der Waals surface area (Å²) in [7, 11) is 0. The minimum absolute atomic E-state index is 0.0149. The lowest BCUT2D eigenvalue weighted by molar-refractivity contribution is -0.189. The molecule has 2 bridgehead atoms. The van der Waals surface area contributed by atoms with Gasteiger partial charge in [0.1, 0.15) is 11.7 Å². The molecule has 4 nitrogen and oxygen atoms in total. The van der Waals surface area contributed by atoms with Crippen molar-refractivity contribution in [3.05, 3.63) is 35.4 Å². The second-order valence-corrected chi connectivity index (χ2v) is 11.5. The van der Waals surface area contributed by atoms with Crippen molar-refractivity contribution in [2.45, 2.75) is 102 Å². The van der Waals surface area contributed by atoms with Crippen molar-refractivity contribution in [2.75, 3.05) is 6.54 Å². The Labute approximate surface area is 174 Å². The van der Waals surface area contributed by atoms with Gasteiger partial charge in [0.25, 0.3) is 0 Å². The highest BCUT2D eigenvalue weighted by Crippen LogP contribution is 2.66. The van der Waals surface area contributed by atoms with Crippen LogP contribution in [0.5, 0.6) is 11.5 Å². The van der Waals surface area contributed by atoms with Crippen molar-refractivity contribution in [2.24, 2.45) is 0 Å². The number of benzene rings is 1. The number of likely N-dealkylation sites (tertiary alicyclic amines) is 1. The molecule has 4 atom stereocenters. The van der Waals surface area contributed by atoms with Crippen molar-refractivity contribution >= 4 is 0 Å². The maximum absolute atomic E-state index is 12.4. The molecule has 2 unspecified atom stereocenters. The molecular weight excluding hydrogens is 362 g/mol. The van der Waals surface area contributed by atoms with Gasteiger partial charge in [-0.05, 0) is 84.4 Å². The Bertz CT molecular complexity index is 893.